The van der Waals surface area contributed by atoms with E-state index < -0.39 is 0 Å². The highest BCUT2D eigenvalue weighted by Gasteiger charge is 2.34. The van der Waals surface area contributed by atoms with Gasteiger partial charge in [0, 0.05) is 29.2 Å². The molecule has 1 saturated heterocycles. The number of hydrogen-bond acceptors (Lipinski definition) is 2. The van der Waals surface area contributed by atoms with Gasteiger partial charge in [0.05, 0.1) is 0 Å². The van der Waals surface area contributed by atoms with E-state index in [0.717, 1.165) is 31.5 Å². The zero-order valence-corrected chi connectivity index (χ0v) is 11.7. The van der Waals surface area contributed by atoms with E-state index >= 15 is 0 Å². The summed E-state index contributed by atoms with van der Waals surface area (Å²) in [6.07, 6.45) is 4.69. The lowest BCUT2D eigenvalue weighted by Crippen LogP contribution is -2.42. The molecule has 0 radical (unpaired) electrons. The normalized spacial score (nSPS) is 22.5. The topological polar surface area (TPSA) is 32.3 Å². The van der Waals surface area contributed by atoms with Crippen LogP contribution >= 0.6 is 11.6 Å². The summed E-state index contributed by atoms with van der Waals surface area (Å²) in [4.78, 5) is 14.6. The summed E-state index contributed by atoms with van der Waals surface area (Å²) in [5.74, 6) is 0.146. The van der Waals surface area contributed by atoms with Gasteiger partial charge in [-0.2, -0.15) is 0 Å². The van der Waals surface area contributed by atoms with Crippen LogP contribution in [-0.4, -0.2) is 36.0 Å². The van der Waals surface area contributed by atoms with E-state index in [1.165, 1.54) is 12.8 Å². The molecule has 3 rings (SSSR count). The van der Waals surface area contributed by atoms with E-state index in [0.29, 0.717) is 17.1 Å². The first-order valence-corrected chi connectivity index (χ1v) is 7.42. The molecule has 1 aromatic rings. The van der Waals surface area contributed by atoms with E-state index in [1.807, 2.05) is 17.0 Å². The second-order valence-corrected chi connectivity index (χ2v) is 5.93. The molecule has 2 aliphatic rings. The minimum Gasteiger partial charge on any atom is -0.334 e. The van der Waals surface area contributed by atoms with Crippen molar-refractivity contribution >= 4 is 17.5 Å². The summed E-state index contributed by atoms with van der Waals surface area (Å²) in [5.41, 5.74) is 0.745. The van der Waals surface area contributed by atoms with Crippen molar-refractivity contribution in [2.24, 2.45) is 0 Å². The van der Waals surface area contributed by atoms with Gasteiger partial charge in [-0.3, -0.25) is 4.79 Å². The lowest BCUT2D eigenvalue weighted by atomic mass is 10.1. The molecule has 0 bridgehead atoms. The first kappa shape index (κ1) is 12.9. The number of rotatable bonds is 4. The van der Waals surface area contributed by atoms with E-state index in [1.54, 1.807) is 12.1 Å². The number of carbonyl (C=O) groups is 1. The molecule has 3 nitrogen and oxygen atoms in total. The van der Waals surface area contributed by atoms with E-state index in [-0.39, 0.29) is 5.91 Å². The molecule has 2 fully saturated rings. The molecule has 1 amide bonds. The highest BCUT2D eigenvalue weighted by molar-refractivity contribution is 6.30. The number of carbonyl (C=O) groups excluding carboxylic acids is 1. The molecule has 19 heavy (non-hydrogen) atoms. The average molecular weight is 279 g/mol. The molecule has 1 aliphatic carbocycles. The van der Waals surface area contributed by atoms with Gasteiger partial charge in [-0.05, 0) is 56.5 Å². The van der Waals surface area contributed by atoms with Crippen LogP contribution in [0.15, 0.2) is 24.3 Å². The van der Waals surface area contributed by atoms with Gasteiger partial charge >= 0.3 is 0 Å². The summed E-state index contributed by atoms with van der Waals surface area (Å²) >= 11 is 5.87. The predicted octanol–water partition coefficient (Wildman–Crippen LogP) is 2.70. The van der Waals surface area contributed by atoms with Crippen molar-refractivity contribution in [2.75, 3.05) is 13.1 Å². The Kier molecular flexibility index (Phi) is 3.76. The molecule has 1 unspecified atom stereocenters. The molecule has 1 N–H and O–H groups in total. The van der Waals surface area contributed by atoms with Crippen LogP contribution in [0.1, 0.15) is 36.0 Å². The molecule has 102 valence electrons. The molecule has 1 aliphatic heterocycles. The summed E-state index contributed by atoms with van der Waals surface area (Å²) in [6, 6.07) is 8.13. The van der Waals surface area contributed by atoms with E-state index in [2.05, 4.69) is 5.32 Å². The third-order valence-corrected chi connectivity index (χ3v) is 4.17. The van der Waals surface area contributed by atoms with Crippen molar-refractivity contribution in [1.29, 1.82) is 0 Å². The van der Waals surface area contributed by atoms with Gasteiger partial charge in [-0.15, -0.1) is 0 Å². The monoisotopic (exact) mass is 278 g/mol. The molecular formula is C15H19ClN2O. The first-order valence-electron chi connectivity index (χ1n) is 7.04. The van der Waals surface area contributed by atoms with Crippen molar-refractivity contribution in [1.82, 2.24) is 10.2 Å². The zero-order chi connectivity index (χ0) is 13.2. The summed E-state index contributed by atoms with van der Waals surface area (Å²) in [5, 5.41) is 4.14. The Morgan fingerprint density at radius 3 is 2.58 bits per heavy atom. The summed E-state index contributed by atoms with van der Waals surface area (Å²) < 4.78 is 0. The largest absolute Gasteiger partial charge is 0.334 e. The number of halogens is 1. The van der Waals surface area contributed by atoms with E-state index in [4.69, 9.17) is 11.6 Å². The quantitative estimate of drug-likeness (QED) is 0.918. The molecule has 0 spiro atoms. The number of hydrogen-bond donors (Lipinski definition) is 1. The maximum absolute atomic E-state index is 12.6. The second-order valence-electron chi connectivity index (χ2n) is 5.49. The maximum atomic E-state index is 12.6. The Labute approximate surface area is 118 Å². The zero-order valence-electron chi connectivity index (χ0n) is 10.9. The van der Waals surface area contributed by atoms with Gasteiger partial charge in [-0.1, -0.05) is 11.6 Å². The Bertz CT molecular complexity index is 450. The van der Waals surface area contributed by atoms with Crippen molar-refractivity contribution in [2.45, 2.75) is 37.8 Å². The third-order valence-electron chi connectivity index (χ3n) is 3.92. The fraction of sp³-hybridized carbons (Fsp3) is 0.533. The number of benzene rings is 1. The number of nitrogens with one attached hydrogen (secondary N) is 1. The smallest absolute Gasteiger partial charge is 0.254 e. The molecule has 4 heteroatoms. The van der Waals surface area contributed by atoms with Crippen molar-refractivity contribution < 1.29 is 4.79 Å². The standard InChI is InChI=1S/C15H19ClN2O/c16-12-5-3-11(4-6-12)15(19)18(14-7-8-14)10-13-2-1-9-17-13/h3-6,13-14,17H,1-2,7-10H2. The van der Waals surface area contributed by atoms with Crippen LogP contribution in [-0.2, 0) is 0 Å². The lowest BCUT2D eigenvalue weighted by Gasteiger charge is -2.26. The lowest BCUT2D eigenvalue weighted by molar-refractivity contribution is 0.0728. The van der Waals surface area contributed by atoms with Gasteiger partial charge < -0.3 is 10.2 Å². The van der Waals surface area contributed by atoms with Crippen molar-refractivity contribution in [3.63, 3.8) is 0 Å². The Hall–Kier alpha value is -1.06. The summed E-state index contributed by atoms with van der Waals surface area (Å²) in [7, 11) is 0. The number of nitrogens with zero attached hydrogens (tertiary/aromatic N) is 1. The van der Waals surface area contributed by atoms with Crippen LogP contribution < -0.4 is 5.32 Å². The van der Waals surface area contributed by atoms with Crippen LogP contribution in [0, 0.1) is 0 Å². The molecule has 1 saturated carbocycles. The second kappa shape index (κ2) is 5.51. The Balaban J connectivity index is 1.71. The highest BCUT2D eigenvalue weighted by atomic mass is 35.5. The number of amides is 1. The first-order chi connectivity index (χ1) is 9.24. The van der Waals surface area contributed by atoms with Crippen LogP contribution in [0.25, 0.3) is 0 Å². The van der Waals surface area contributed by atoms with Crippen LogP contribution in [0.5, 0.6) is 0 Å². The molecule has 1 aromatic carbocycles. The Morgan fingerprint density at radius 2 is 2.00 bits per heavy atom. The van der Waals surface area contributed by atoms with E-state index in [9.17, 15) is 4.79 Å². The van der Waals surface area contributed by atoms with Crippen molar-refractivity contribution in [3.05, 3.63) is 34.9 Å². The summed E-state index contributed by atoms with van der Waals surface area (Å²) in [6.45, 7) is 1.92. The average Bonchev–Trinajstić information content (AvgIpc) is 3.13. The fourth-order valence-electron chi connectivity index (χ4n) is 2.69. The fourth-order valence-corrected chi connectivity index (χ4v) is 2.82. The van der Waals surface area contributed by atoms with Gasteiger partial charge in [0.1, 0.15) is 0 Å². The highest BCUT2D eigenvalue weighted by Crippen LogP contribution is 2.29. The minimum atomic E-state index is 0.146. The van der Waals surface area contributed by atoms with Gasteiger partial charge in [0.15, 0.2) is 0 Å². The van der Waals surface area contributed by atoms with Gasteiger partial charge in [-0.25, -0.2) is 0 Å². The van der Waals surface area contributed by atoms with Gasteiger partial charge in [0.25, 0.3) is 5.91 Å². The third kappa shape index (κ3) is 3.10. The predicted molar refractivity (Wildman–Crippen MR) is 76.5 cm³/mol. The van der Waals surface area contributed by atoms with Crippen molar-refractivity contribution in [3.8, 4) is 0 Å². The molecular weight excluding hydrogens is 260 g/mol. The molecule has 1 heterocycles. The van der Waals surface area contributed by atoms with Crippen LogP contribution in [0.3, 0.4) is 0 Å². The minimum absolute atomic E-state index is 0.146. The van der Waals surface area contributed by atoms with Crippen LogP contribution in [0.4, 0.5) is 0 Å². The molecule has 1 atom stereocenters. The van der Waals surface area contributed by atoms with Crippen LogP contribution in [0.2, 0.25) is 5.02 Å². The SMILES string of the molecule is O=C(c1ccc(Cl)cc1)N(CC1CCCN1)C1CC1. The maximum Gasteiger partial charge on any atom is 0.254 e. The molecule has 0 aromatic heterocycles. The van der Waals surface area contributed by atoms with Gasteiger partial charge in [0.2, 0.25) is 0 Å². The Morgan fingerprint density at radius 1 is 1.26 bits per heavy atom.